The average molecular weight is 494 g/mol. The lowest BCUT2D eigenvalue weighted by Gasteiger charge is -2.24. The number of hydrogen-bond acceptors (Lipinski definition) is 4. The quantitative estimate of drug-likeness (QED) is 0.581. The van der Waals surface area contributed by atoms with E-state index in [0.29, 0.717) is 12.1 Å². The number of amides is 2. The summed E-state index contributed by atoms with van der Waals surface area (Å²) < 4.78 is 54.4. The molecule has 1 saturated heterocycles. The van der Waals surface area contributed by atoms with Gasteiger partial charge in [0.1, 0.15) is 5.67 Å². The fourth-order valence-corrected chi connectivity index (χ4v) is 4.67. The second kappa shape index (κ2) is 9.58. The minimum atomic E-state index is -4.54. The zero-order chi connectivity index (χ0) is 25.4. The van der Waals surface area contributed by atoms with Crippen molar-refractivity contribution in [2.45, 2.75) is 37.2 Å². The van der Waals surface area contributed by atoms with Crippen LogP contribution in [0.3, 0.4) is 0 Å². The fraction of sp³-hybridized carbons (Fsp3) is 0.440. The van der Waals surface area contributed by atoms with E-state index >= 15 is 4.39 Å². The molecule has 188 valence electrons. The lowest BCUT2D eigenvalue weighted by molar-refractivity contribution is -0.137. The highest BCUT2D eigenvalue weighted by atomic mass is 19.4. The van der Waals surface area contributed by atoms with E-state index in [1.54, 1.807) is 35.0 Å². The average Bonchev–Trinajstić information content (AvgIpc) is 3.32. The molecule has 2 amide bonds. The summed E-state index contributed by atoms with van der Waals surface area (Å²) in [6, 6.07) is 9.37. The molecule has 2 aliphatic rings. The molecule has 2 atom stereocenters. The van der Waals surface area contributed by atoms with Crippen LogP contribution >= 0.6 is 0 Å². The SMILES string of the molecule is CN1C(=O)Cc2cc(C(=O)NCC[C@@H](O)CN3CCC(F)(c4cccc(C(F)(F)F)c4)C3)ccc21. The molecule has 6 nitrogen and oxygen atoms in total. The molecule has 2 N–H and O–H groups in total. The van der Waals surface area contributed by atoms with E-state index in [2.05, 4.69) is 5.32 Å². The minimum absolute atomic E-state index is 0.0150. The standard InChI is InChI=1S/C25H27F4N3O3/c1-31-21-6-5-16(11-17(21)12-22(31)34)23(35)30-9-7-20(33)14-32-10-8-24(26,15-32)18-3-2-4-19(13-18)25(27,28)29/h2-6,11,13,20,33H,7-10,12,14-15H2,1H3,(H,30,35)/t20-,24?/m1/s1. The van der Waals surface area contributed by atoms with Crippen molar-refractivity contribution in [3.63, 3.8) is 0 Å². The van der Waals surface area contributed by atoms with Gasteiger partial charge < -0.3 is 15.3 Å². The molecule has 4 rings (SSSR count). The van der Waals surface area contributed by atoms with Crippen molar-refractivity contribution in [3.8, 4) is 0 Å². The summed E-state index contributed by atoms with van der Waals surface area (Å²) in [7, 11) is 1.68. The van der Waals surface area contributed by atoms with E-state index < -0.39 is 23.5 Å². The number of anilines is 1. The number of carbonyl (C=O) groups excluding carboxylic acids is 2. The van der Waals surface area contributed by atoms with E-state index in [-0.39, 0.29) is 56.3 Å². The van der Waals surface area contributed by atoms with Gasteiger partial charge in [-0.3, -0.25) is 14.5 Å². The van der Waals surface area contributed by atoms with Crippen LogP contribution in [0.4, 0.5) is 23.2 Å². The van der Waals surface area contributed by atoms with Gasteiger partial charge in [-0.25, -0.2) is 4.39 Å². The maximum atomic E-state index is 15.4. The van der Waals surface area contributed by atoms with Gasteiger partial charge in [-0.1, -0.05) is 12.1 Å². The first-order chi connectivity index (χ1) is 16.5. The predicted molar refractivity (Wildman–Crippen MR) is 122 cm³/mol. The summed E-state index contributed by atoms with van der Waals surface area (Å²) in [4.78, 5) is 27.5. The molecule has 0 spiro atoms. The molecule has 2 aromatic rings. The topological polar surface area (TPSA) is 72.9 Å². The molecular formula is C25H27F4N3O3. The molecular weight excluding hydrogens is 466 g/mol. The smallest absolute Gasteiger partial charge is 0.392 e. The Kier molecular flexibility index (Phi) is 6.88. The first-order valence-corrected chi connectivity index (χ1v) is 11.4. The number of carbonyl (C=O) groups is 2. The van der Waals surface area contributed by atoms with Crippen molar-refractivity contribution in [1.82, 2.24) is 10.2 Å². The Bertz CT molecular complexity index is 1120. The van der Waals surface area contributed by atoms with Crippen LogP contribution in [0.1, 0.15) is 39.9 Å². The highest BCUT2D eigenvalue weighted by Crippen LogP contribution is 2.39. The first-order valence-electron chi connectivity index (χ1n) is 11.4. The normalized spacial score (nSPS) is 21.3. The summed E-state index contributed by atoms with van der Waals surface area (Å²) in [6.45, 7) is 0.532. The second-order valence-electron chi connectivity index (χ2n) is 9.20. The summed E-state index contributed by atoms with van der Waals surface area (Å²) >= 11 is 0. The number of nitrogens with one attached hydrogen (secondary N) is 1. The highest BCUT2D eigenvalue weighted by Gasteiger charge is 2.41. The summed E-state index contributed by atoms with van der Waals surface area (Å²) in [5.74, 6) is -0.358. The van der Waals surface area contributed by atoms with Crippen LogP contribution in [-0.4, -0.2) is 61.2 Å². The molecule has 0 radical (unpaired) electrons. The number of aliphatic hydroxyl groups is 1. The van der Waals surface area contributed by atoms with Gasteiger partial charge in [-0.05, 0) is 54.3 Å². The third-order valence-electron chi connectivity index (χ3n) is 6.66. The Morgan fingerprint density at radius 3 is 2.74 bits per heavy atom. The van der Waals surface area contributed by atoms with Gasteiger partial charge in [0, 0.05) is 44.5 Å². The van der Waals surface area contributed by atoms with Gasteiger partial charge in [-0.2, -0.15) is 13.2 Å². The number of hydrogen-bond donors (Lipinski definition) is 2. The third-order valence-corrected chi connectivity index (χ3v) is 6.66. The number of fused-ring (bicyclic) bond motifs is 1. The number of benzene rings is 2. The van der Waals surface area contributed by atoms with Crippen LogP contribution in [0.5, 0.6) is 0 Å². The monoisotopic (exact) mass is 493 g/mol. The fourth-order valence-electron chi connectivity index (χ4n) is 4.67. The predicted octanol–water partition coefficient (Wildman–Crippen LogP) is 3.28. The van der Waals surface area contributed by atoms with E-state index in [1.807, 2.05) is 0 Å². The molecule has 0 aliphatic carbocycles. The van der Waals surface area contributed by atoms with E-state index in [4.69, 9.17) is 0 Å². The summed E-state index contributed by atoms with van der Waals surface area (Å²) in [5.41, 5.74) is -0.833. The first kappa shape index (κ1) is 25.1. The Morgan fingerprint density at radius 2 is 2.00 bits per heavy atom. The number of likely N-dealkylation sites (N-methyl/N-ethyl adjacent to an activating group) is 1. The van der Waals surface area contributed by atoms with E-state index in [9.17, 15) is 27.9 Å². The van der Waals surface area contributed by atoms with Gasteiger partial charge in [0.15, 0.2) is 0 Å². The lowest BCUT2D eigenvalue weighted by Crippen LogP contribution is -2.35. The minimum Gasteiger partial charge on any atom is -0.392 e. The van der Waals surface area contributed by atoms with E-state index in [1.165, 1.54) is 12.1 Å². The van der Waals surface area contributed by atoms with Gasteiger partial charge >= 0.3 is 6.18 Å². The van der Waals surface area contributed by atoms with Gasteiger partial charge in [0.05, 0.1) is 18.1 Å². The van der Waals surface area contributed by atoms with Crippen LogP contribution in [0.2, 0.25) is 0 Å². The molecule has 35 heavy (non-hydrogen) atoms. The zero-order valence-corrected chi connectivity index (χ0v) is 19.2. The number of likely N-dealkylation sites (tertiary alicyclic amines) is 1. The van der Waals surface area contributed by atoms with Crippen molar-refractivity contribution in [2.24, 2.45) is 0 Å². The summed E-state index contributed by atoms with van der Waals surface area (Å²) in [5, 5.41) is 13.1. The molecule has 1 unspecified atom stereocenters. The zero-order valence-electron chi connectivity index (χ0n) is 19.2. The Labute approximate surface area is 200 Å². The number of alkyl halides is 4. The maximum absolute atomic E-state index is 15.4. The van der Waals surface area contributed by atoms with Crippen LogP contribution in [0.15, 0.2) is 42.5 Å². The van der Waals surface area contributed by atoms with Gasteiger partial charge in [0.2, 0.25) is 5.91 Å². The van der Waals surface area contributed by atoms with Crippen LogP contribution in [-0.2, 0) is 23.1 Å². The Morgan fingerprint density at radius 1 is 1.23 bits per heavy atom. The highest BCUT2D eigenvalue weighted by molar-refractivity contribution is 6.03. The molecule has 2 heterocycles. The Hall–Kier alpha value is -2.98. The van der Waals surface area contributed by atoms with Crippen molar-refractivity contribution >= 4 is 17.5 Å². The number of aliphatic hydroxyl groups excluding tert-OH is 1. The van der Waals surface area contributed by atoms with Gasteiger partial charge in [-0.15, -0.1) is 0 Å². The van der Waals surface area contributed by atoms with Crippen molar-refractivity contribution in [3.05, 3.63) is 64.7 Å². The Balaban J connectivity index is 1.26. The molecule has 0 saturated carbocycles. The maximum Gasteiger partial charge on any atom is 0.416 e. The molecule has 2 aliphatic heterocycles. The van der Waals surface area contributed by atoms with Gasteiger partial charge in [0.25, 0.3) is 5.91 Å². The number of rotatable bonds is 7. The van der Waals surface area contributed by atoms with Crippen LogP contribution in [0.25, 0.3) is 0 Å². The second-order valence-corrected chi connectivity index (χ2v) is 9.20. The lowest BCUT2D eigenvalue weighted by atomic mass is 9.93. The van der Waals surface area contributed by atoms with Crippen molar-refractivity contribution < 1.29 is 32.3 Å². The number of nitrogens with zero attached hydrogens (tertiary/aromatic N) is 2. The summed E-state index contributed by atoms with van der Waals surface area (Å²) in [6.07, 6.45) is -4.87. The molecule has 1 fully saturated rings. The van der Waals surface area contributed by atoms with Crippen LogP contribution < -0.4 is 10.2 Å². The van der Waals surface area contributed by atoms with Crippen molar-refractivity contribution in [1.29, 1.82) is 0 Å². The molecule has 0 bridgehead atoms. The molecule has 2 aromatic carbocycles. The van der Waals surface area contributed by atoms with Crippen LogP contribution in [0, 0.1) is 0 Å². The van der Waals surface area contributed by atoms with E-state index in [0.717, 1.165) is 23.4 Å². The number of halogens is 4. The molecule has 10 heteroatoms. The number of β-amino-alcohol motifs (C(OH)–C–C–N with tert-alkyl or cyclic N) is 1. The largest absolute Gasteiger partial charge is 0.416 e. The van der Waals surface area contributed by atoms with Crippen molar-refractivity contribution in [2.75, 3.05) is 38.1 Å². The molecule has 0 aromatic heterocycles. The third kappa shape index (κ3) is 5.48.